The average Bonchev–Trinajstić information content (AvgIpc) is 2.62. The van der Waals surface area contributed by atoms with Crippen LogP contribution in [0.1, 0.15) is 48.1 Å². The predicted octanol–water partition coefficient (Wildman–Crippen LogP) is 3.83. The van der Waals surface area contributed by atoms with Crippen molar-refractivity contribution in [1.29, 1.82) is 0 Å². The second kappa shape index (κ2) is 7.47. The molecule has 5 heteroatoms. The van der Waals surface area contributed by atoms with E-state index < -0.39 is 0 Å². The summed E-state index contributed by atoms with van der Waals surface area (Å²) in [5.74, 6) is -0.425. The van der Waals surface area contributed by atoms with Crippen molar-refractivity contribution in [3.63, 3.8) is 0 Å². The summed E-state index contributed by atoms with van der Waals surface area (Å²) in [5.41, 5.74) is 2.04. The van der Waals surface area contributed by atoms with Crippen LogP contribution < -0.4 is 10.2 Å². The van der Waals surface area contributed by atoms with E-state index in [-0.39, 0.29) is 23.7 Å². The summed E-state index contributed by atoms with van der Waals surface area (Å²) in [5, 5.41) is 2.86. The first kappa shape index (κ1) is 17.1. The monoisotopic (exact) mass is 340 g/mol. The molecule has 1 unspecified atom stereocenters. The Labute approximate surface area is 146 Å². The van der Waals surface area contributed by atoms with Crippen molar-refractivity contribution in [2.45, 2.75) is 32.2 Å². The molecule has 3 rings (SSSR count). The number of nitrogens with one attached hydrogen (secondary N) is 1. The second-order valence-corrected chi connectivity index (χ2v) is 6.30. The minimum absolute atomic E-state index is 0.128. The van der Waals surface area contributed by atoms with Gasteiger partial charge < -0.3 is 10.2 Å². The summed E-state index contributed by atoms with van der Waals surface area (Å²) in [6.45, 7) is 2.54. The zero-order valence-electron chi connectivity index (χ0n) is 14.2. The van der Waals surface area contributed by atoms with Crippen molar-refractivity contribution in [3.05, 3.63) is 65.5 Å². The van der Waals surface area contributed by atoms with Crippen LogP contribution in [0.4, 0.5) is 10.1 Å². The summed E-state index contributed by atoms with van der Waals surface area (Å²) < 4.78 is 13.3. The molecule has 1 aliphatic rings. The largest absolute Gasteiger partial charge is 0.346 e. The number of piperidine rings is 1. The zero-order valence-corrected chi connectivity index (χ0v) is 14.2. The van der Waals surface area contributed by atoms with Crippen LogP contribution in [0.2, 0.25) is 0 Å². The van der Waals surface area contributed by atoms with E-state index in [9.17, 15) is 14.0 Å². The van der Waals surface area contributed by atoms with Gasteiger partial charge in [0.2, 0.25) is 5.91 Å². The molecule has 0 saturated carbocycles. The van der Waals surface area contributed by atoms with Crippen LogP contribution in [0.25, 0.3) is 0 Å². The molecule has 4 nitrogen and oxygen atoms in total. The maximum atomic E-state index is 13.3. The van der Waals surface area contributed by atoms with Crippen LogP contribution in [0.15, 0.2) is 48.5 Å². The van der Waals surface area contributed by atoms with Crippen molar-refractivity contribution in [2.24, 2.45) is 0 Å². The molecule has 0 bridgehead atoms. The number of amides is 2. The van der Waals surface area contributed by atoms with Crippen molar-refractivity contribution in [1.82, 2.24) is 5.32 Å². The lowest BCUT2D eigenvalue weighted by atomic mass is 10.1. The first-order chi connectivity index (χ1) is 12.0. The van der Waals surface area contributed by atoms with Crippen LogP contribution in [0.3, 0.4) is 0 Å². The normalized spacial score (nSPS) is 15.8. The molecule has 1 fully saturated rings. The highest BCUT2D eigenvalue weighted by molar-refractivity contribution is 5.97. The molecule has 130 valence electrons. The van der Waals surface area contributed by atoms with Gasteiger partial charge in [0.05, 0.1) is 6.04 Å². The smallest absolute Gasteiger partial charge is 0.251 e. The van der Waals surface area contributed by atoms with Crippen molar-refractivity contribution in [2.75, 3.05) is 11.4 Å². The first-order valence-corrected chi connectivity index (χ1v) is 8.51. The highest BCUT2D eigenvalue weighted by Crippen LogP contribution is 2.21. The number of anilines is 1. The number of halogens is 1. The first-order valence-electron chi connectivity index (χ1n) is 8.51. The number of carbonyl (C=O) groups is 2. The molecular weight excluding hydrogens is 319 g/mol. The van der Waals surface area contributed by atoms with E-state index in [0.717, 1.165) is 25.1 Å². The van der Waals surface area contributed by atoms with E-state index in [1.165, 1.54) is 12.1 Å². The molecule has 2 aromatic carbocycles. The molecule has 0 aliphatic carbocycles. The molecule has 2 aromatic rings. The van der Waals surface area contributed by atoms with Gasteiger partial charge in [0.1, 0.15) is 5.82 Å². The van der Waals surface area contributed by atoms with Gasteiger partial charge in [-0.1, -0.05) is 12.1 Å². The Morgan fingerprint density at radius 3 is 2.60 bits per heavy atom. The van der Waals surface area contributed by atoms with Crippen LogP contribution in [0.5, 0.6) is 0 Å². The lowest BCUT2D eigenvalue weighted by Gasteiger charge is -2.26. The minimum atomic E-state index is -0.325. The van der Waals surface area contributed by atoms with Gasteiger partial charge in [0, 0.05) is 24.2 Å². The zero-order chi connectivity index (χ0) is 17.8. The van der Waals surface area contributed by atoms with E-state index in [2.05, 4.69) is 5.32 Å². The highest BCUT2D eigenvalue weighted by Gasteiger charge is 2.20. The molecule has 2 amide bonds. The molecule has 1 heterocycles. The Morgan fingerprint density at radius 2 is 1.92 bits per heavy atom. The van der Waals surface area contributed by atoms with Gasteiger partial charge >= 0.3 is 0 Å². The van der Waals surface area contributed by atoms with E-state index in [1.807, 2.05) is 6.92 Å². The summed E-state index contributed by atoms with van der Waals surface area (Å²) in [6, 6.07) is 12.9. The maximum absolute atomic E-state index is 13.3. The third-order valence-electron chi connectivity index (χ3n) is 4.46. The van der Waals surface area contributed by atoms with Gasteiger partial charge in [-0.05, 0) is 61.7 Å². The Bertz CT molecular complexity index is 774. The highest BCUT2D eigenvalue weighted by atomic mass is 19.1. The summed E-state index contributed by atoms with van der Waals surface area (Å²) in [4.78, 5) is 26.1. The van der Waals surface area contributed by atoms with E-state index in [0.29, 0.717) is 17.5 Å². The van der Waals surface area contributed by atoms with Gasteiger partial charge in [-0.25, -0.2) is 4.39 Å². The molecule has 1 N–H and O–H groups in total. The molecule has 1 saturated heterocycles. The van der Waals surface area contributed by atoms with Crippen molar-refractivity contribution >= 4 is 17.5 Å². The minimum Gasteiger partial charge on any atom is -0.346 e. The Morgan fingerprint density at radius 1 is 1.16 bits per heavy atom. The van der Waals surface area contributed by atoms with Crippen LogP contribution in [-0.2, 0) is 4.79 Å². The van der Waals surface area contributed by atoms with Crippen LogP contribution >= 0.6 is 0 Å². The van der Waals surface area contributed by atoms with Crippen molar-refractivity contribution < 1.29 is 14.0 Å². The summed E-state index contributed by atoms with van der Waals surface area (Å²) in [7, 11) is 0. The van der Waals surface area contributed by atoms with Crippen LogP contribution in [0, 0.1) is 5.82 Å². The Kier molecular flexibility index (Phi) is 5.12. The van der Waals surface area contributed by atoms with Gasteiger partial charge in [-0.2, -0.15) is 0 Å². The van der Waals surface area contributed by atoms with E-state index in [4.69, 9.17) is 0 Å². The average molecular weight is 340 g/mol. The predicted molar refractivity (Wildman–Crippen MR) is 94.9 cm³/mol. The second-order valence-electron chi connectivity index (χ2n) is 6.30. The summed E-state index contributed by atoms with van der Waals surface area (Å²) >= 11 is 0. The van der Waals surface area contributed by atoms with Gasteiger partial charge in [0.15, 0.2) is 0 Å². The number of benzene rings is 2. The van der Waals surface area contributed by atoms with Gasteiger partial charge in [-0.3, -0.25) is 9.59 Å². The Balaban J connectivity index is 1.67. The third-order valence-corrected chi connectivity index (χ3v) is 4.46. The number of hydrogen-bond donors (Lipinski definition) is 1. The van der Waals surface area contributed by atoms with E-state index >= 15 is 0 Å². The molecule has 0 aromatic heterocycles. The standard InChI is InChI=1S/C20H21FN2O2/c1-14(16-5-4-6-17(21)13-16)22-20(25)15-8-10-18(11-9-15)23-12-3-2-7-19(23)24/h4-6,8-11,13-14H,2-3,7,12H2,1H3,(H,22,25). The SMILES string of the molecule is CC(NC(=O)c1ccc(N2CCCCC2=O)cc1)c1cccc(F)c1. The maximum Gasteiger partial charge on any atom is 0.251 e. The third kappa shape index (κ3) is 4.05. The Hall–Kier alpha value is -2.69. The van der Waals surface area contributed by atoms with Crippen molar-refractivity contribution in [3.8, 4) is 0 Å². The number of rotatable bonds is 4. The quantitative estimate of drug-likeness (QED) is 0.919. The molecule has 0 spiro atoms. The fourth-order valence-electron chi connectivity index (χ4n) is 3.01. The van der Waals surface area contributed by atoms with Gasteiger partial charge in [-0.15, -0.1) is 0 Å². The fourth-order valence-corrected chi connectivity index (χ4v) is 3.01. The molecule has 0 radical (unpaired) electrons. The lowest BCUT2D eigenvalue weighted by Crippen LogP contribution is -2.35. The molecule has 25 heavy (non-hydrogen) atoms. The number of carbonyl (C=O) groups excluding carboxylic acids is 2. The van der Waals surface area contributed by atoms with Crippen LogP contribution in [-0.4, -0.2) is 18.4 Å². The van der Waals surface area contributed by atoms with E-state index in [1.54, 1.807) is 41.3 Å². The molecular formula is C20H21FN2O2. The summed E-state index contributed by atoms with van der Waals surface area (Å²) in [6.07, 6.45) is 2.51. The van der Waals surface area contributed by atoms with Gasteiger partial charge in [0.25, 0.3) is 5.91 Å². The number of hydrogen-bond acceptors (Lipinski definition) is 2. The fraction of sp³-hybridized carbons (Fsp3) is 0.300. The molecule has 1 aliphatic heterocycles. The number of nitrogens with zero attached hydrogens (tertiary/aromatic N) is 1. The lowest BCUT2D eigenvalue weighted by molar-refractivity contribution is -0.119. The topological polar surface area (TPSA) is 49.4 Å². The molecule has 1 atom stereocenters.